The van der Waals surface area contributed by atoms with Crippen molar-refractivity contribution in [3.63, 3.8) is 0 Å². The second-order valence-electron chi connectivity index (χ2n) is 4.98. The van der Waals surface area contributed by atoms with Gasteiger partial charge in [0.05, 0.1) is 0 Å². The maximum absolute atomic E-state index is 11.2. The van der Waals surface area contributed by atoms with Gasteiger partial charge >= 0.3 is 5.97 Å². The zero-order valence-electron chi connectivity index (χ0n) is 8.76. The minimum absolute atomic E-state index is 0.0239. The lowest BCUT2D eigenvalue weighted by Crippen LogP contribution is -2.29. The second kappa shape index (κ2) is 3.22. The highest BCUT2D eigenvalue weighted by Crippen LogP contribution is 2.56. The first-order valence-corrected chi connectivity index (χ1v) is 5.81. The van der Waals surface area contributed by atoms with Crippen molar-refractivity contribution in [1.82, 2.24) is 0 Å². The number of hydrogen-bond donors (Lipinski definition) is 0. The van der Waals surface area contributed by atoms with Crippen LogP contribution >= 0.6 is 0 Å². The molecule has 0 aliphatic heterocycles. The molecule has 2 fully saturated rings. The normalized spacial score (nSPS) is 45.5. The van der Waals surface area contributed by atoms with E-state index in [0.29, 0.717) is 11.8 Å². The predicted molar refractivity (Wildman–Crippen MR) is 57.0 cm³/mol. The third-order valence-corrected chi connectivity index (χ3v) is 4.37. The van der Waals surface area contributed by atoms with E-state index in [-0.39, 0.29) is 12.1 Å². The molecule has 0 heterocycles. The number of carbonyl (C=O) groups excluding carboxylic acids is 1. The molecule has 3 rings (SSSR count). The maximum Gasteiger partial charge on any atom is 0.330 e. The minimum Gasteiger partial charge on any atom is -0.455 e. The average Bonchev–Trinajstić information content (AvgIpc) is 2.89. The molecule has 80 valence electrons. The van der Waals surface area contributed by atoms with Crippen molar-refractivity contribution in [3.05, 3.63) is 24.8 Å². The molecule has 15 heavy (non-hydrogen) atoms. The third-order valence-electron chi connectivity index (χ3n) is 4.37. The molecular weight excluding hydrogens is 188 g/mol. The van der Waals surface area contributed by atoms with Crippen molar-refractivity contribution in [2.75, 3.05) is 0 Å². The standard InChI is InChI=1S/C13H16O2/c1-2-12(14)15-11-6-5-10-8-3-4-9(7-8)13(10)11/h2,5-6,8-11,13H,1,3-4,7H2. The van der Waals surface area contributed by atoms with Crippen LogP contribution in [0.5, 0.6) is 0 Å². The Kier molecular flexibility index (Phi) is 1.98. The van der Waals surface area contributed by atoms with Crippen LogP contribution < -0.4 is 0 Å². The van der Waals surface area contributed by atoms with Crippen LogP contribution in [0.3, 0.4) is 0 Å². The molecule has 0 aromatic rings. The molecule has 2 bridgehead atoms. The highest BCUT2D eigenvalue weighted by molar-refractivity contribution is 5.81. The number of hydrogen-bond acceptors (Lipinski definition) is 2. The Balaban J connectivity index is 1.75. The summed E-state index contributed by atoms with van der Waals surface area (Å²) in [5, 5.41) is 0. The number of rotatable bonds is 2. The van der Waals surface area contributed by atoms with E-state index in [4.69, 9.17) is 4.74 Å². The molecule has 2 saturated carbocycles. The van der Waals surface area contributed by atoms with Crippen LogP contribution in [0, 0.1) is 23.7 Å². The molecule has 2 heteroatoms. The third kappa shape index (κ3) is 1.27. The topological polar surface area (TPSA) is 26.3 Å². The van der Waals surface area contributed by atoms with E-state index in [9.17, 15) is 4.79 Å². The molecule has 0 amide bonds. The van der Waals surface area contributed by atoms with E-state index in [1.807, 2.05) is 0 Å². The summed E-state index contributed by atoms with van der Waals surface area (Å²) in [6.07, 6.45) is 9.69. The fourth-order valence-electron chi connectivity index (χ4n) is 3.82. The lowest BCUT2D eigenvalue weighted by molar-refractivity contribution is -0.143. The smallest absolute Gasteiger partial charge is 0.330 e. The molecule has 5 unspecified atom stereocenters. The van der Waals surface area contributed by atoms with Crippen LogP contribution in [-0.2, 0) is 9.53 Å². The largest absolute Gasteiger partial charge is 0.455 e. The van der Waals surface area contributed by atoms with Crippen molar-refractivity contribution < 1.29 is 9.53 Å². The van der Waals surface area contributed by atoms with Crippen molar-refractivity contribution in [3.8, 4) is 0 Å². The van der Waals surface area contributed by atoms with Crippen LogP contribution in [0.25, 0.3) is 0 Å². The maximum atomic E-state index is 11.2. The van der Waals surface area contributed by atoms with Gasteiger partial charge < -0.3 is 4.74 Å². The van der Waals surface area contributed by atoms with Crippen LogP contribution in [0.1, 0.15) is 19.3 Å². The van der Waals surface area contributed by atoms with Gasteiger partial charge in [-0.05, 0) is 43.1 Å². The van der Waals surface area contributed by atoms with E-state index in [1.165, 1.54) is 25.3 Å². The number of ether oxygens (including phenoxy) is 1. The van der Waals surface area contributed by atoms with Gasteiger partial charge in [0.2, 0.25) is 0 Å². The Labute approximate surface area is 90.0 Å². The van der Waals surface area contributed by atoms with Gasteiger partial charge in [0.1, 0.15) is 6.10 Å². The van der Waals surface area contributed by atoms with Gasteiger partial charge in [-0.15, -0.1) is 0 Å². The van der Waals surface area contributed by atoms with Crippen molar-refractivity contribution in [1.29, 1.82) is 0 Å². The Hall–Kier alpha value is -1.05. The van der Waals surface area contributed by atoms with Crippen LogP contribution in [0.4, 0.5) is 0 Å². The van der Waals surface area contributed by atoms with Gasteiger partial charge in [-0.2, -0.15) is 0 Å². The van der Waals surface area contributed by atoms with Crippen molar-refractivity contribution in [2.45, 2.75) is 25.4 Å². The monoisotopic (exact) mass is 204 g/mol. The molecular formula is C13H16O2. The number of allylic oxidation sites excluding steroid dienone is 1. The zero-order valence-corrected chi connectivity index (χ0v) is 8.76. The molecule has 2 nitrogen and oxygen atoms in total. The summed E-state index contributed by atoms with van der Waals surface area (Å²) in [5.41, 5.74) is 0. The van der Waals surface area contributed by atoms with Gasteiger partial charge in [0.15, 0.2) is 0 Å². The Morgan fingerprint density at radius 1 is 1.33 bits per heavy atom. The minimum atomic E-state index is -0.284. The molecule has 3 aliphatic rings. The van der Waals surface area contributed by atoms with Crippen LogP contribution in [0.15, 0.2) is 24.8 Å². The lowest BCUT2D eigenvalue weighted by atomic mass is 9.80. The molecule has 0 saturated heterocycles. The number of esters is 1. The van der Waals surface area contributed by atoms with E-state index >= 15 is 0 Å². The fraction of sp³-hybridized carbons (Fsp3) is 0.615. The van der Waals surface area contributed by atoms with E-state index in [0.717, 1.165) is 11.8 Å². The van der Waals surface area contributed by atoms with Gasteiger partial charge in [0, 0.05) is 12.0 Å². The van der Waals surface area contributed by atoms with E-state index in [1.54, 1.807) is 0 Å². The quantitative estimate of drug-likeness (QED) is 0.392. The molecule has 0 spiro atoms. The fourth-order valence-corrected chi connectivity index (χ4v) is 3.82. The highest BCUT2D eigenvalue weighted by Gasteiger charge is 2.52. The summed E-state index contributed by atoms with van der Waals surface area (Å²) >= 11 is 0. The van der Waals surface area contributed by atoms with Crippen LogP contribution in [0.2, 0.25) is 0 Å². The molecule has 0 radical (unpaired) electrons. The molecule has 0 N–H and O–H groups in total. The van der Waals surface area contributed by atoms with Gasteiger partial charge in [-0.1, -0.05) is 12.7 Å². The first-order valence-electron chi connectivity index (χ1n) is 5.81. The van der Waals surface area contributed by atoms with Crippen molar-refractivity contribution >= 4 is 5.97 Å². The summed E-state index contributed by atoms with van der Waals surface area (Å²) in [7, 11) is 0. The summed E-state index contributed by atoms with van der Waals surface area (Å²) in [5.74, 6) is 2.63. The zero-order chi connectivity index (χ0) is 10.4. The summed E-state index contributed by atoms with van der Waals surface area (Å²) < 4.78 is 5.38. The second-order valence-corrected chi connectivity index (χ2v) is 4.98. The lowest BCUT2D eigenvalue weighted by Gasteiger charge is -2.28. The molecule has 3 aliphatic carbocycles. The molecule has 0 aromatic carbocycles. The average molecular weight is 204 g/mol. The highest BCUT2D eigenvalue weighted by atomic mass is 16.5. The van der Waals surface area contributed by atoms with Crippen LogP contribution in [-0.4, -0.2) is 12.1 Å². The summed E-state index contributed by atoms with van der Waals surface area (Å²) in [6, 6.07) is 0. The predicted octanol–water partition coefficient (Wildman–Crippen LogP) is 2.32. The van der Waals surface area contributed by atoms with Gasteiger partial charge in [-0.25, -0.2) is 4.79 Å². The SMILES string of the molecule is C=CC(=O)OC1C=CC2C3CCC(C3)C12. The number of carbonyl (C=O) groups is 1. The van der Waals surface area contributed by atoms with Crippen molar-refractivity contribution in [2.24, 2.45) is 23.7 Å². The number of fused-ring (bicyclic) bond motifs is 5. The first kappa shape index (κ1) is 9.20. The van der Waals surface area contributed by atoms with E-state index < -0.39 is 0 Å². The first-order chi connectivity index (χ1) is 7.29. The van der Waals surface area contributed by atoms with Gasteiger partial charge in [0.25, 0.3) is 0 Å². The summed E-state index contributed by atoms with van der Waals surface area (Å²) in [4.78, 5) is 11.2. The Morgan fingerprint density at radius 2 is 2.13 bits per heavy atom. The van der Waals surface area contributed by atoms with Gasteiger partial charge in [-0.3, -0.25) is 0 Å². The molecule has 0 aromatic heterocycles. The molecule has 5 atom stereocenters. The van der Waals surface area contributed by atoms with E-state index in [2.05, 4.69) is 18.7 Å². The Bertz CT molecular complexity index is 331. The summed E-state index contributed by atoms with van der Waals surface area (Å²) in [6.45, 7) is 3.44. The Morgan fingerprint density at radius 3 is 2.93 bits per heavy atom.